The fourth-order valence-corrected chi connectivity index (χ4v) is 4.52. The summed E-state index contributed by atoms with van der Waals surface area (Å²) in [7, 11) is 1.64. The number of fused-ring (bicyclic) bond motifs is 2. The van der Waals surface area contributed by atoms with Crippen molar-refractivity contribution in [2.45, 2.75) is 13.0 Å². The van der Waals surface area contributed by atoms with Gasteiger partial charge in [0.15, 0.2) is 0 Å². The first-order valence-corrected chi connectivity index (χ1v) is 11.2. The van der Waals surface area contributed by atoms with Gasteiger partial charge in [-0.2, -0.15) is 5.10 Å². The summed E-state index contributed by atoms with van der Waals surface area (Å²) in [6, 6.07) is 10.6. The van der Waals surface area contributed by atoms with Gasteiger partial charge in [-0.1, -0.05) is 6.07 Å². The van der Waals surface area contributed by atoms with Gasteiger partial charge in [-0.25, -0.2) is 15.0 Å². The Hall–Kier alpha value is -4.18. The minimum atomic E-state index is 0.434. The molecular formula is C24H25N9O. The summed E-state index contributed by atoms with van der Waals surface area (Å²) in [6.45, 7) is 5.05. The number of benzene rings is 2. The van der Waals surface area contributed by atoms with E-state index in [9.17, 15) is 0 Å². The molecule has 0 saturated carbocycles. The van der Waals surface area contributed by atoms with Crippen LogP contribution in [-0.2, 0) is 0 Å². The van der Waals surface area contributed by atoms with Crippen LogP contribution in [0.4, 0.5) is 17.2 Å². The van der Waals surface area contributed by atoms with Crippen molar-refractivity contribution >= 4 is 39.1 Å². The normalized spacial score (nSPS) is 16.3. The van der Waals surface area contributed by atoms with Gasteiger partial charge in [0.1, 0.15) is 29.2 Å². The van der Waals surface area contributed by atoms with Crippen LogP contribution in [0.1, 0.15) is 6.92 Å². The lowest BCUT2D eigenvalue weighted by Crippen LogP contribution is -2.49. The number of aromatic nitrogens is 6. The topological polar surface area (TPSA) is 120 Å². The Kier molecular flexibility index (Phi) is 4.99. The molecule has 4 N–H and O–H groups in total. The van der Waals surface area contributed by atoms with Crippen molar-refractivity contribution in [1.82, 2.24) is 35.5 Å². The summed E-state index contributed by atoms with van der Waals surface area (Å²) in [5.74, 6) is 2.02. The predicted molar refractivity (Wildman–Crippen MR) is 133 cm³/mol. The summed E-state index contributed by atoms with van der Waals surface area (Å²) in [4.78, 5) is 19.6. The van der Waals surface area contributed by atoms with Crippen LogP contribution in [0.25, 0.3) is 33.3 Å². The molecule has 1 aliphatic heterocycles. The van der Waals surface area contributed by atoms with Gasteiger partial charge in [-0.15, -0.1) is 0 Å². The number of para-hydroxylation sites is 1. The number of H-pyrrole nitrogens is 2. The third-order valence-electron chi connectivity index (χ3n) is 6.18. The maximum Gasteiger partial charge on any atom is 0.144 e. The summed E-state index contributed by atoms with van der Waals surface area (Å²) in [6.07, 6.45) is 5.06. The quantitative estimate of drug-likeness (QED) is 0.318. The number of ether oxygens (including phenoxy) is 1. The second kappa shape index (κ2) is 8.31. The molecule has 0 bridgehead atoms. The first kappa shape index (κ1) is 20.4. The highest BCUT2D eigenvalue weighted by molar-refractivity contribution is 5.93. The fraction of sp³-hybridized carbons (Fsp3) is 0.250. The van der Waals surface area contributed by atoms with E-state index >= 15 is 0 Å². The summed E-state index contributed by atoms with van der Waals surface area (Å²) >= 11 is 0. The molecule has 0 radical (unpaired) electrons. The molecule has 3 aromatic heterocycles. The second-order valence-corrected chi connectivity index (χ2v) is 8.48. The number of imidazole rings is 1. The van der Waals surface area contributed by atoms with Gasteiger partial charge >= 0.3 is 0 Å². The van der Waals surface area contributed by atoms with Crippen molar-refractivity contribution < 1.29 is 4.74 Å². The van der Waals surface area contributed by atoms with Crippen LogP contribution in [0, 0.1) is 0 Å². The molecule has 1 saturated heterocycles. The second-order valence-electron chi connectivity index (χ2n) is 8.48. The van der Waals surface area contributed by atoms with Crippen LogP contribution in [0.5, 0.6) is 5.75 Å². The third-order valence-corrected chi connectivity index (χ3v) is 6.18. The van der Waals surface area contributed by atoms with E-state index in [2.05, 4.69) is 59.7 Å². The molecule has 1 aliphatic rings. The molecule has 1 atom stereocenters. The molecule has 34 heavy (non-hydrogen) atoms. The van der Waals surface area contributed by atoms with E-state index in [1.165, 1.54) is 6.33 Å². The highest BCUT2D eigenvalue weighted by Crippen LogP contribution is 2.35. The lowest BCUT2D eigenvalue weighted by atomic mass is 10.2. The SMILES string of the molecule is COc1cc2[nH]ncc2cc1Nc1ncncc1-c1nc2c(N3CCNC(C)C3)cccc2[nH]1. The van der Waals surface area contributed by atoms with Crippen LogP contribution >= 0.6 is 0 Å². The molecule has 0 aliphatic carbocycles. The lowest BCUT2D eigenvalue weighted by molar-refractivity contribution is 0.417. The van der Waals surface area contributed by atoms with E-state index in [0.29, 0.717) is 23.4 Å². The third kappa shape index (κ3) is 3.57. The fourth-order valence-electron chi connectivity index (χ4n) is 4.52. The van der Waals surface area contributed by atoms with Crippen molar-refractivity contribution in [3.63, 3.8) is 0 Å². The number of rotatable bonds is 5. The number of hydrogen-bond donors (Lipinski definition) is 4. The monoisotopic (exact) mass is 455 g/mol. The van der Waals surface area contributed by atoms with Crippen LogP contribution in [0.15, 0.2) is 49.1 Å². The number of nitrogens with one attached hydrogen (secondary N) is 4. The van der Waals surface area contributed by atoms with E-state index in [0.717, 1.165) is 58.5 Å². The Balaban J connectivity index is 1.40. The Morgan fingerprint density at radius 3 is 3.00 bits per heavy atom. The van der Waals surface area contributed by atoms with Gasteiger partial charge in [0.25, 0.3) is 0 Å². The first-order chi connectivity index (χ1) is 16.7. The number of aromatic amines is 2. The molecule has 172 valence electrons. The Morgan fingerprint density at radius 1 is 1.18 bits per heavy atom. The van der Waals surface area contributed by atoms with Gasteiger partial charge in [-0.05, 0) is 25.1 Å². The average Bonchev–Trinajstić information content (AvgIpc) is 3.50. The zero-order valence-corrected chi connectivity index (χ0v) is 19.0. The van der Waals surface area contributed by atoms with Gasteiger partial charge in [0, 0.05) is 43.3 Å². The largest absolute Gasteiger partial charge is 0.494 e. The van der Waals surface area contributed by atoms with Crippen molar-refractivity contribution in [2.75, 3.05) is 37.0 Å². The van der Waals surface area contributed by atoms with Gasteiger partial charge in [0.05, 0.1) is 41.3 Å². The maximum absolute atomic E-state index is 5.59. The number of anilines is 3. The van der Waals surface area contributed by atoms with Crippen molar-refractivity contribution in [3.8, 4) is 17.1 Å². The number of piperazine rings is 1. The van der Waals surface area contributed by atoms with Crippen LogP contribution in [0.2, 0.25) is 0 Å². The Bertz CT molecular complexity index is 1470. The summed E-state index contributed by atoms with van der Waals surface area (Å²) in [5.41, 5.74) is 5.50. The summed E-state index contributed by atoms with van der Waals surface area (Å²) < 4.78 is 5.59. The molecule has 1 fully saturated rings. The molecule has 1 unspecified atom stereocenters. The van der Waals surface area contributed by atoms with Crippen LogP contribution < -0.4 is 20.3 Å². The van der Waals surface area contributed by atoms with E-state index < -0.39 is 0 Å². The van der Waals surface area contributed by atoms with Crippen molar-refractivity contribution in [2.24, 2.45) is 0 Å². The lowest BCUT2D eigenvalue weighted by Gasteiger charge is -2.33. The average molecular weight is 456 g/mol. The Labute approximate surface area is 195 Å². The van der Waals surface area contributed by atoms with Crippen LogP contribution in [-0.4, -0.2) is 62.9 Å². The van der Waals surface area contributed by atoms with Gasteiger partial charge in [-0.3, -0.25) is 5.10 Å². The highest BCUT2D eigenvalue weighted by Gasteiger charge is 2.21. The molecule has 4 heterocycles. The van der Waals surface area contributed by atoms with E-state index in [4.69, 9.17) is 9.72 Å². The minimum Gasteiger partial charge on any atom is -0.494 e. The molecule has 6 rings (SSSR count). The Morgan fingerprint density at radius 2 is 2.12 bits per heavy atom. The molecule has 10 nitrogen and oxygen atoms in total. The highest BCUT2D eigenvalue weighted by atomic mass is 16.5. The van der Waals surface area contributed by atoms with E-state index in [-0.39, 0.29) is 0 Å². The van der Waals surface area contributed by atoms with Gasteiger partial charge < -0.3 is 25.3 Å². The van der Waals surface area contributed by atoms with Crippen LogP contribution in [0.3, 0.4) is 0 Å². The number of nitrogens with zero attached hydrogens (tertiary/aromatic N) is 5. The number of methoxy groups -OCH3 is 1. The molecule has 0 spiro atoms. The van der Waals surface area contributed by atoms with Gasteiger partial charge in [0.2, 0.25) is 0 Å². The molecule has 10 heteroatoms. The maximum atomic E-state index is 5.59. The molecule has 2 aromatic carbocycles. The van der Waals surface area contributed by atoms with E-state index in [1.807, 2.05) is 18.2 Å². The van der Waals surface area contributed by atoms with E-state index in [1.54, 1.807) is 19.5 Å². The molecular weight excluding hydrogens is 430 g/mol. The zero-order chi connectivity index (χ0) is 23.1. The smallest absolute Gasteiger partial charge is 0.144 e. The standard InChI is InChI=1S/C24H25N9O/c1-14-12-33(7-6-26-14)20-5-3-4-17-22(20)31-24(29-17)16-11-25-13-27-23(16)30-19-8-15-10-28-32-18(15)9-21(19)34-2/h3-5,8-11,13-14,26H,6-7,12H2,1-2H3,(H,28,32)(H,29,31)(H,25,27,30). The first-order valence-electron chi connectivity index (χ1n) is 11.2. The number of hydrogen-bond acceptors (Lipinski definition) is 8. The molecule has 0 amide bonds. The predicted octanol–water partition coefficient (Wildman–Crippen LogP) is 3.45. The summed E-state index contributed by atoms with van der Waals surface area (Å²) in [5, 5.41) is 14.9. The zero-order valence-electron chi connectivity index (χ0n) is 19.0. The van der Waals surface area contributed by atoms with Crippen molar-refractivity contribution in [1.29, 1.82) is 0 Å². The minimum absolute atomic E-state index is 0.434. The molecule has 5 aromatic rings. The van der Waals surface area contributed by atoms with Crippen molar-refractivity contribution in [3.05, 3.63) is 49.1 Å².